The van der Waals surface area contributed by atoms with Crippen LogP contribution < -0.4 is 10.0 Å². The number of hydrogen-bond acceptors (Lipinski definition) is 4. The van der Waals surface area contributed by atoms with Crippen molar-refractivity contribution in [1.82, 2.24) is 5.32 Å². The molecule has 1 heterocycles. The van der Waals surface area contributed by atoms with Gasteiger partial charge in [-0.15, -0.1) is 11.3 Å². The highest BCUT2D eigenvalue weighted by molar-refractivity contribution is 7.92. The van der Waals surface area contributed by atoms with Crippen LogP contribution in [0.1, 0.15) is 28.2 Å². The minimum Gasteiger partial charge on any atom is -0.345 e. The van der Waals surface area contributed by atoms with Gasteiger partial charge in [-0.1, -0.05) is 35.9 Å². The van der Waals surface area contributed by atoms with Gasteiger partial charge in [0, 0.05) is 16.1 Å². The quantitative estimate of drug-likeness (QED) is 0.607. The smallest absolute Gasteiger partial charge is 0.261 e. The van der Waals surface area contributed by atoms with E-state index in [1.54, 1.807) is 42.5 Å². The average Bonchev–Trinajstić information content (AvgIpc) is 3.09. The molecule has 0 fully saturated rings. The zero-order valence-electron chi connectivity index (χ0n) is 14.3. The number of nitrogens with one attached hydrogen (secondary N) is 2. The number of hydrogen-bond donors (Lipinski definition) is 2. The Balaban J connectivity index is 1.74. The summed E-state index contributed by atoms with van der Waals surface area (Å²) in [6, 6.07) is 17.8. The van der Waals surface area contributed by atoms with Crippen molar-refractivity contribution < 1.29 is 13.2 Å². The zero-order chi connectivity index (χ0) is 19.4. The van der Waals surface area contributed by atoms with E-state index in [1.165, 1.54) is 29.5 Å². The lowest BCUT2D eigenvalue weighted by Gasteiger charge is -2.13. The van der Waals surface area contributed by atoms with E-state index in [0.29, 0.717) is 15.6 Å². The number of rotatable bonds is 6. The molecule has 2 aromatic carbocycles. The molecule has 8 heteroatoms. The van der Waals surface area contributed by atoms with Gasteiger partial charge in [-0.2, -0.15) is 0 Å². The van der Waals surface area contributed by atoms with Crippen LogP contribution in [0, 0.1) is 0 Å². The van der Waals surface area contributed by atoms with E-state index in [-0.39, 0.29) is 16.8 Å². The second-order valence-electron chi connectivity index (χ2n) is 5.84. The lowest BCUT2D eigenvalue weighted by molar-refractivity contribution is 0.0940. The fraction of sp³-hybridized carbons (Fsp3) is 0.105. The first-order chi connectivity index (χ1) is 12.8. The summed E-state index contributed by atoms with van der Waals surface area (Å²) in [5.74, 6) is -0.298. The molecule has 0 aliphatic carbocycles. The van der Waals surface area contributed by atoms with Gasteiger partial charge in [0.1, 0.15) is 0 Å². The van der Waals surface area contributed by atoms with Gasteiger partial charge in [0.25, 0.3) is 15.9 Å². The maximum Gasteiger partial charge on any atom is 0.261 e. The summed E-state index contributed by atoms with van der Waals surface area (Å²) in [6.45, 7) is 1.86. The van der Waals surface area contributed by atoms with Crippen LogP contribution >= 0.6 is 22.9 Å². The molecule has 1 unspecified atom stereocenters. The van der Waals surface area contributed by atoms with Crippen LogP contribution in [0.25, 0.3) is 0 Å². The van der Waals surface area contributed by atoms with Crippen molar-refractivity contribution in [2.75, 3.05) is 4.72 Å². The fourth-order valence-corrected chi connectivity index (χ4v) is 4.58. The summed E-state index contributed by atoms with van der Waals surface area (Å²) in [5.41, 5.74) is 0.677. The Bertz CT molecular complexity index is 1050. The van der Waals surface area contributed by atoms with Crippen molar-refractivity contribution in [3.05, 3.63) is 81.5 Å². The standard InChI is InChI=1S/C19H17ClN2O3S2/c1-13(17-10-11-18(20)26-17)21-19(23)14-6-5-7-15(12-14)22-27(24,25)16-8-3-2-4-9-16/h2-13,22H,1H3,(H,21,23). The highest BCUT2D eigenvalue weighted by Crippen LogP contribution is 2.27. The summed E-state index contributed by atoms with van der Waals surface area (Å²) in [7, 11) is -3.71. The number of carbonyl (C=O) groups excluding carboxylic acids is 1. The Morgan fingerprint density at radius 1 is 1.04 bits per heavy atom. The van der Waals surface area contributed by atoms with Crippen LogP contribution in [0.4, 0.5) is 5.69 Å². The molecule has 5 nitrogen and oxygen atoms in total. The van der Waals surface area contributed by atoms with Gasteiger partial charge in [-0.05, 0) is 49.4 Å². The van der Waals surface area contributed by atoms with Crippen LogP contribution in [0.15, 0.2) is 71.6 Å². The third-order valence-corrected chi connectivity index (χ3v) is 6.61. The van der Waals surface area contributed by atoms with Gasteiger partial charge in [0.2, 0.25) is 0 Å². The number of amides is 1. The van der Waals surface area contributed by atoms with E-state index >= 15 is 0 Å². The van der Waals surface area contributed by atoms with Crippen LogP contribution in [0.5, 0.6) is 0 Å². The third kappa shape index (κ3) is 4.88. The highest BCUT2D eigenvalue weighted by Gasteiger charge is 2.16. The Morgan fingerprint density at radius 2 is 1.78 bits per heavy atom. The van der Waals surface area contributed by atoms with Crippen LogP contribution in [-0.4, -0.2) is 14.3 Å². The topological polar surface area (TPSA) is 75.3 Å². The molecule has 1 atom stereocenters. The number of sulfonamides is 1. The largest absolute Gasteiger partial charge is 0.345 e. The lowest BCUT2D eigenvalue weighted by atomic mass is 10.1. The molecule has 0 spiro atoms. The van der Waals surface area contributed by atoms with Gasteiger partial charge in [0.05, 0.1) is 15.3 Å². The van der Waals surface area contributed by atoms with Gasteiger partial charge < -0.3 is 5.32 Å². The first-order valence-corrected chi connectivity index (χ1v) is 10.8. The number of thiophene rings is 1. The maximum atomic E-state index is 12.5. The first kappa shape index (κ1) is 19.4. The van der Waals surface area contributed by atoms with Crippen molar-refractivity contribution in [1.29, 1.82) is 0 Å². The Labute approximate surface area is 167 Å². The van der Waals surface area contributed by atoms with E-state index in [1.807, 2.05) is 13.0 Å². The average molecular weight is 421 g/mol. The molecular weight excluding hydrogens is 404 g/mol. The predicted molar refractivity (Wildman–Crippen MR) is 109 cm³/mol. The van der Waals surface area contributed by atoms with Gasteiger partial charge in [-0.3, -0.25) is 9.52 Å². The SMILES string of the molecule is CC(NC(=O)c1cccc(NS(=O)(=O)c2ccccc2)c1)c1ccc(Cl)s1. The van der Waals surface area contributed by atoms with Crippen molar-refractivity contribution in [2.45, 2.75) is 17.9 Å². The summed E-state index contributed by atoms with van der Waals surface area (Å²) < 4.78 is 28.0. The zero-order valence-corrected chi connectivity index (χ0v) is 16.7. The van der Waals surface area contributed by atoms with Crippen molar-refractivity contribution in [3.8, 4) is 0 Å². The normalized spacial score (nSPS) is 12.4. The summed E-state index contributed by atoms with van der Waals surface area (Å²) in [5, 5.41) is 2.88. The van der Waals surface area contributed by atoms with E-state index in [4.69, 9.17) is 11.6 Å². The molecule has 27 heavy (non-hydrogen) atoms. The Kier molecular flexibility index (Phi) is 5.84. The molecular formula is C19H17ClN2O3S2. The molecule has 1 aromatic heterocycles. The minimum absolute atomic E-state index is 0.156. The third-order valence-electron chi connectivity index (χ3n) is 3.80. The van der Waals surface area contributed by atoms with Gasteiger partial charge >= 0.3 is 0 Å². The van der Waals surface area contributed by atoms with Crippen molar-refractivity contribution >= 4 is 44.6 Å². The van der Waals surface area contributed by atoms with E-state index in [9.17, 15) is 13.2 Å². The van der Waals surface area contributed by atoms with Gasteiger partial charge in [-0.25, -0.2) is 8.42 Å². The molecule has 0 saturated heterocycles. The Hall–Kier alpha value is -2.35. The summed E-state index contributed by atoms with van der Waals surface area (Å²) in [6.07, 6.45) is 0. The van der Waals surface area contributed by atoms with Crippen LogP contribution in [0.3, 0.4) is 0 Å². The number of benzene rings is 2. The fourth-order valence-electron chi connectivity index (χ4n) is 2.45. The lowest BCUT2D eigenvalue weighted by Crippen LogP contribution is -2.26. The van der Waals surface area contributed by atoms with E-state index in [2.05, 4.69) is 10.0 Å². The molecule has 1 amide bonds. The van der Waals surface area contributed by atoms with Crippen LogP contribution in [0.2, 0.25) is 4.34 Å². The van der Waals surface area contributed by atoms with Crippen LogP contribution in [-0.2, 0) is 10.0 Å². The molecule has 0 saturated carbocycles. The number of carbonyl (C=O) groups is 1. The number of anilines is 1. The van der Waals surface area contributed by atoms with E-state index < -0.39 is 10.0 Å². The molecule has 0 aliphatic rings. The molecule has 3 aromatic rings. The summed E-state index contributed by atoms with van der Waals surface area (Å²) in [4.78, 5) is 13.6. The maximum absolute atomic E-state index is 12.5. The second-order valence-corrected chi connectivity index (χ2v) is 9.27. The molecule has 0 bridgehead atoms. The number of halogens is 1. The Morgan fingerprint density at radius 3 is 2.44 bits per heavy atom. The molecule has 140 valence electrons. The van der Waals surface area contributed by atoms with E-state index in [0.717, 1.165) is 4.88 Å². The minimum atomic E-state index is -3.71. The molecule has 0 radical (unpaired) electrons. The molecule has 3 rings (SSSR count). The second kappa shape index (κ2) is 8.12. The molecule has 2 N–H and O–H groups in total. The van der Waals surface area contributed by atoms with Crippen molar-refractivity contribution in [3.63, 3.8) is 0 Å². The van der Waals surface area contributed by atoms with Gasteiger partial charge in [0.15, 0.2) is 0 Å². The van der Waals surface area contributed by atoms with Crippen molar-refractivity contribution in [2.24, 2.45) is 0 Å². The first-order valence-electron chi connectivity index (χ1n) is 8.09. The predicted octanol–water partition coefficient (Wildman–Crippen LogP) is 4.69. The summed E-state index contributed by atoms with van der Waals surface area (Å²) >= 11 is 7.33. The monoisotopic (exact) mass is 420 g/mol. The molecule has 0 aliphatic heterocycles. The highest BCUT2D eigenvalue weighted by atomic mass is 35.5.